The molecule has 146 valence electrons. The number of aromatic amines is 1. The molecule has 7 heteroatoms. The fourth-order valence-corrected chi connectivity index (χ4v) is 3.43. The van der Waals surface area contributed by atoms with Gasteiger partial charge in [0.25, 0.3) is 5.56 Å². The molecule has 3 rings (SSSR count). The number of hydrogen-bond acceptors (Lipinski definition) is 5. The number of nitriles is 1. The van der Waals surface area contributed by atoms with Crippen molar-refractivity contribution in [1.29, 1.82) is 5.26 Å². The zero-order valence-electron chi connectivity index (χ0n) is 16.3. The summed E-state index contributed by atoms with van der Waals surface area (Å²) in [4.78, 5) is 31.9. The molecule has 6 nitrogen and oxygen atoms in total. The number of nitrogens with one attached hydrogen (secondary N) is 2. The van der Waals surface area contributed by atoms with Gasteiger partial charge in [-0.05, 0) is 32.9 Å². The van der Waals surface area contributed by atoms with Crippen LogP contribution in [0.3, 0.4) is 0 Å². The van der Waals surface area contributed by atoms with Crippen LogP contribution in [-0.4, -0.2) is 21.1 Å². The van der Waals surface area contributed by atoms with Gasteiger partial charge in [0.1, 0.15) is 11.6 Å². The highest BCUT2D eigenvalue weighted by Gasteiger charge is 2.19. The van der Waals surface area contributed by atoms with E-state index in [1.54, 1.807) is 6.92 Å². The number of thioether (sulfide) groups is 1. The van der Waals surface area contributed by atoms with Gasteiger partial charge in [0, 0.05) is 11.3 Å². The molecule has 1 amide bonds. The Kier molecular flexibility index (Phi) is 6.15. The number of nitrogens with zero attached hydrogens (tertiary/aromatic N) is 2. The average Bonchev–Trinajstić information content (AvgIpc) is 2.70. The molecule has 0 saturated carbocycles. The molecule has 0 bridgehead atoms. The van der Waals surface area contributed by atoms with Crippen LogP contribution in [0.1, 0.15) is 23.6 Å². The highest BCUT2D eigenvalue weighted by Crippen LogP contribution is 2.25. The van der Waals surface area contributed by atoms with Gasteiger partial charge < -0.3 is 10.3 Å². The number of anilines is 1. The zero-order valence-corrected chi connectivity index (χ0v) is 17.1. The molecule has 0 aliphatic carbocycles. The summed E-state index contributed by atoms with van der Waals surface area (Å²) in [6, 6.07) is 16.9. The fraction of sp³-hybridized carbons (Fsp3) is 0.182. The largest absolute Gasteiger partial charge is 0.325 e. The third kappa shape index (κ3) is 4.92. The number of H-pyrrole nitrogens is 1. The maximum absolute atomic E-state index is 12.5. The van der Waals surface area contributed by atoms with Crippen molar-refractivity contribution in [3.63, 3.8) is 0 Å². The van der Waals surface area contributed by atoms with Crippen LogP contribution in [0.5, 0.6) is 0 Å². The number of aromatic nitrogens is 2. The van der Waals surface area contributed by atoms with Gasteiger partial charge in [-0.25, -0.2) is 4.98 Å². The molecule has 0 radical (unpaired) electrons. The van der Waals surface area contributed by atoms with E-state index in [0.29, 0.717) is 16.9 Å². The van der Waals surface area contributed by atoms with Crippen molar-refractivity contribution < 1.29 is 4.79 Å². The number of carbonyl (C=O) groups is 1. The Balaban J connectivity index is 1.84. The van der Waals surface area contributed by atoms with E-state index >= 15 is 0 Å². The van der Waals surface area contributed by atoms with Gasteiger partial charge in [-0.1, -0.05) is 59.3 Å². The Hall–Kier alpha value is -3.37. The number of carbonyl (C=O) groups excluding carboxylic acids is 1. The van der Waals surface area contributed by atoms with Crippen LogP contribution in [0.25, 0.3) is 11.3 Å². The van der Waals surface area contributed by atoms with E-state index in [1.165, 1.54) is 0 Å². The summed E-state index contributed by atoms with van der Waals surface area (Å²) < 4.78 is 0. The molecule has 0 saturated heterocycles. The molecule has 0 aliphatic rings. The molecule has 2 aromatic carbocycles. The van der Waals surface area contributed by atoms with Gasteiger partial charge in [0.05, 0.1) is 10.9 Å². The van der Waals surface area contributed by atoms with Gasteiger partial charge in [-0.3, -0.25) is 9.59 Å². The molecule has 0 aliphatic heterocycles. The first-order chi connectivity index (χ1) is 13.9. The highest BCUT2D eigenvalue weighted by molar-refractivity contribution is 8.00. The molecule has 1 aromatic heterocycles. The van der Waals surface area contributed by atoms with Crippen LogP contribution < -0.4 is 10.9 Å². The maximum Gasteiger partial charge on any atom is 0.270 e. The summed E-state index contributed by atoms with van der Waals surface area (Å²) >= 11 is 1.13. The Labute approximate surface area is 173 Å². The average molecular weight is 404 g/mol. The van der Waals surface area contributed by atoms with Crippen LogP contribution in [0, 0.1) is 25.2 Å². The Morgan fingerprint density at radius 1 is 1.10 bits per heavy atom. The van der Waals surface area contributed by atoms with E-state index in [1.807, 2.05) is 68.4 Å². The van der Waals surface area contributed by atoms with Crippen molar-refractivity contribution >= 4 is 23.4 Å². The second-order valence-corrected chi connectivity index (χ2v) is 8.02. The first-order valence-corrected chi connectivity index (χ1v) is 9.91. The van der Waals surface area contributed by atoms with Crippen LogP contribution in [0.15, 0.2) is 58.5 Å². The van der Waals surface area contributed by atoms with Crippen LogP contribution >= 0.6 is 11.8 Å². The van der Waals surface area contributed by atoms with Crippen LogP contribution in [0.4, 0.5) is 5.69 Å². The second-order valence-electron chi connectivity index (χ2n) is 6.69. The molecule has 0 fully saturated rings. The number of hydrogen-bond donors (Lipinski definition) is 2. The van der Waals surface area contributed by atoms with Gasteiger partial charge in [0.2, 0.25) is 5.91 Å². The molecule has 0 spiro atoms. The van der Waals surface area contributed by atoms with Crippen molar-refractivity contribution in [1.82, 2.24) is 9.97 Å². The van der Waals surface area contributed by atoms with Crippen molar-refractivity contribution in [3.8, 4) is 17.3 Å². The standard InChI is InChI=1S/C22H20N4O2S/c1-13-4-8-16(9-5-13)19-18(12-23)21(28)26-22(25-19)29-15(3)20(27)24-17-10-6-14(2)7-11-17/h4-11,15H,1-3H3,(H,24,27)(H,25,26,28)/t15-/m1/s1. The lowest BCUT2D eigenvalue weighted by molar-refractivity contribution is -0.115. The highest BCUT2D eigenvalue weighted by atomic mass is 32.2. The first kappa shape index (κ1) is 20.4. The Bertz CT molecular complexity index is 1130. The topological polar surface area (TPSA) is 98.6 Å². The van der Waals surface area contributed by atoms with E-state index < -0.39 is 10.8 Å². The summed E-state index contributed by atoms with van der Waals surface area (Å²) in [6.45, 7) is 5.66. The SMILES string of the molecule is Cc1ccc(NC(=O)[C@@H](C)Sc2nc(-c3ccc(C)cc3)c(C#N)c(=O)[nH]2)cc1. The molecule has 2 N–H and O–H groups in total. The summed E-state index contributed by atoms with van der Waals surface area (Å²) in [6.07, 6.45) is 0. The van der Waals surface area contributed by atoms with Crippen molar-refractivity contribution in [3.05, 3.63) is 75.6 Å². The minimum atomic E-state index is -0.522. The van der Waals surface area contributed by atoms with Gasteiger partial charge in [0.15, 0.2) is 5.16 Å². The second kappa shape index (κ2) is 8.76. The number of aryl methyl sites for hydroxylation is 2. The van der Waals surface area contributed by atoms with E-state index in [2.05, 4.69) is 15.3 Å². The number of amides is 1. The molecular weight excluding hydrogens is 384 g/mol. The molecule has 3 aromatic rings. The molecule has 1 atom stereocenters. The first-order valence-electron chi connectivity index (χ1n) is 9.03. The minimum Gasteiger partial charge on any atom is -0.325 e. The summed E-state index contributed by atoms with van der Waals surface area (Å²) in [5.41, 5.74) is 3.29. The lowest BCUT2D eigenvalue weighted by Crippen LogP contribution is -2.23. The fourth-order valence-electron chi connectivity index (χ4n) is 2.63. The van der Waals surface area contributed by atoms with Gasteiger partial charge in [-0.15, -0.1) is 0 Å². The van der Waals surface area contributed by atoms with Crippen molar-refractivity contribution in [2.24, 2.45) is 0 Å². The third-order valence-electron chi connectivity index (χ3n) is 4.31. The number of rotatable bonds is 5. The Morgan fingerprint density at radius 2 is 1.69 bits per heavy atom. The summed E-state index contributed by atoms with van der Waals surface area (Å²) in [7, 11) is 0. The molecule has 1 heterocycles. The monoisotopic (exact) mass is 404 g/mol. The van der Waals surface area contributed by atoms with Gasteiger partial charge in [-0.2, -0.15) is 5.26 Å². The van der Waals surface area contributed by atoms with E-state index in [0.717, 1.165) is 22.9 Å². The van der Waals surface area contributed by atoms with E-state index in [9.17, 15) is 14.9 Å². The smallest absolute Gasteiger partial charge is 0.270 e. The molecular formula is C22H20N4O2S. The van der Waals surface area contributed by atoms with E-state index in [4.69, 9.17) is 0 Å². The molecule has 0 unspecified atom stereocenters. The van der Waals surface area contributed by atoms with Crippen LogP contribution in [0.2, 0.25) is 0 Å². The maximum atomic E-state index is 12.5. The van der Waals surface area contributed by atoms with Crippen molar-refractivity contribution in [2.45, 2.75) is 31.2 Å². The predicted octanol–water partition coefficient (Wildman–Crippen LogP) is 4.04. The predicted molar refractivity (Wildman–Crippen MR) is 115 cm³/mol. The summed E-state index contributed by atoms with van der Waals surface area (Å²) in [5, 5.41) is 12.0. The number of benzene rings is 2. The third-order valence-corrected chi connectivity index (χ3v) is 5.30. The van der Waals surface area contributed by atoms with Gasteiger partial charge >= 0.3 is 0 Å². The van der Waals surface area contributed by atoms with Crippen molar-refractivity contribution in [2.75, 3.05) is 5.32 Å². The zero-order chi connectivity index (χ0) is 21.0. The summed E-state index contributed by atoms with van der Waals surface area (Å²) in [5.74, 6) is -0.206. The minimum absolute atomic E-state index is 0.0463. The lowest BCUT2D eigenvalue weighted by Gasteiger charge is -2.12. The van der Waals surface area contributed by atoms with Crippen LogP contribution in [-0.2, 0) is 4.79 Å². The molecule has 29 heavy (non-hydrogen) atoms. The Morgan fingerprint density at radius 3 is 2.28 bits per heavy atom. The normalized spacial score (nSPS) is 11.5. The van der Waals surface area contributed by atoms with E-state index in [-0.39, 0.29) is 16.6 Å². The quantitative estimate of drug-likeness (QED) is 0.494. The lowest BCUT2D eigenvalue weighted by atomic mass is 10.1.